The molecule has 0 amide bonds. The summed E-state index contributed by atoms with van der Waals surface area (Å²) in [7, 11) is 0. The van der Waals surface area contributed by atoms with E-state index in [2.05, 4.69) is 14.9 Å². The summed E-state index contributed by atoms with van der Waals surface area (Å²) < 4.78 is 11.3. The standard InChI is InChI=1S/C18H19N5O4S/c1-11-12(2)28-18-15(11)17(27-13-4-3-5-19-16(13)23(24)25)20-14(21-18)10-22-6-8-26-9-7-22/h3-5H,6-10H2,1-2H3. The summed E-state index contributed by atoms with van der Waals surface area (Å²) in [4.78, 5) is 28.0. The highest BCUT2D eigenvalue weighted by Crippen LogP contribution is 2.38. The lowest BCUT2D eigenvalue weighted by Crippen LogP contribution is -2.36. The minimum absolute atomic E-state index is 0.0630. The molecule has 0 spiro atoms. The van der Waals surface area contributed by atoms with Gasteiger partial charge in [0.05, 0.1) is 25.1 Å². The van der Waals surface area contributed by atoms with Gasteiger partial charge in [-0.3, -0.25) is 4.90 Å². The van der Waals surface area contributed by atoms with Crippen molar-refractivity contribution in [2.45, 2.75) is 20.4 Å². The van der Waals surface area contributed by atoms with Crippen molar-refractivity contribution in [3.8, 4) is 11.6 Å². The van der Waals surface area contributed by atoms with E-state index in [0.29, 0.717) is 31.5 Å². The minimum atomic E-state index is -0.561. The summed E-state index contributed by atoms with van der Waals surface area (Å²) >= 11 is 1.57. The van der Waals surface area contributed by atoms with Gasteiger partial charge in [-0.15, -0.1) is 11.3 Å². The van der Waals surface area contributed by atoms with Gasteiger partial charge in [-0.05, 0) is 41.5 Å². The number of ether oxygens (including phenoxy) is 2. The molecule has 1 fully saturated rings. The molecule has 0 aliphatic carbocycles. The number of morpholine rings is 1. The molecule has 1 saturated heterocycles. The summed E-state index contributed by atoms with van der Waals surface area (Å²) in [6.45, 7) is 7.56. The molecule has 0 unspecified atom stereocenters. The van der Waals surface area contributed by atoms with Gasteiger partial charge in [0, 0.05) is 18.0 Å². The van der Waals surface area contributed by atoms with Crippen LogP contribution in [0.2, 0.25) is 0 Å². The number of aromatic nitrogens is 3. The van der Waals surface area contributed by atoms with Crippen LogP contribution in [-0.4, -0.2) is 51.1 Å². The predicted octanol–water partition coefficient (Wildman–Crippen LogP) is 3.24. The van der Waals surface area contributed by atoms with Gasteiger partial charge in [0.2, 0.25) is 11.6 Å². The largest absolute Gasteiger partial charge is 0.429 e. The molecule has 28 heavy (non-hydrogen) atoms. The molecule has 9 nitrogen and oxygen atoms in total. The van der Waals surface area contributed by atoms with Crippen molar-refractivity contribution in [3.63, 3.8) is 0 Å². The summed E-state index contributed by atoms with van der Waals surface area (Å²) in [5.41, 5.74) is 1.01. The van der Waals surface area contributed by atoms with E-state index in [0.717, 1.165) is 33.7 Å². The zero-order valence-corrected chi connectivity index (χ0v) is 16.4. The molecule has 0 saturated carbocycles. The fourth-order valence-electron chi connectivity index (χ4n) is 3.06. The molecule has 3 aromatic heterocycles. The highest BCUT2D eigenvalue weighted by molar-refractivity contribution is 7.18. The first-order valence-corrected chi connectivity index (χ1v) is 9.68. The Morgan fingerprint density at radius 2 is 2.11 bits per heavy atom. The molecule has 0 radical (unpaired) electrons. The van der Waals surface area contributed by atoms with Gasteiger partial charge in [0.15, 0.2) is 0 Å². The van der Waals surface area contributed by atoms with Gasteiger partial charge < -0.3 is 19.6 Å². The molecule has 10 heteroatoms. The van der Waals surface area contributed by atoms with Gasteiger partial charge >= 0.3 is 5.82 Å². The highest BCUT2D eigenvalue weighted by atomic mass is 32.1. The average molecular weight is 401 g/mol. The Bertz CT molecular complexity index is 1030. The second kappa shape index (κ2) is 7.74. The van der Waals surface area contributed by atoms with Crippen molar-refractivity contribution in [1.82, 2.24) is 19.9 Å². The van der Waals surface area contributed by atoms with Gasteiger partial charge in [-0.2, -0.15) is 4.98 Å². The lowest BCUT2D eigenvalue weighted by molar-refractivity contribution is -0.390. The van der Waals surface area contributed by atoms with Crippen LogP contribution >= 0.6 is 11.3 Å². The highest BCUT2D eigenvalue weighted by Gasteiger charge is 2.22. The number of nitro groups is 1. The van der Waals surface area contributed by atoms with Crippen molar-refractivity contribution < 1.29 is 14.4 Å². The summed E-state index contributed by atoms with van der Waals surface area (Å²) in [5.74, 6) is 0.671. The van der Waals surface area contributed by atoms with Crippen LogP contribution in [0.15, 0.2) is 18.3 Å². The van der Waals surface area contributed by atoms with Crippen LogP contribution < -0.4 is 4.74 Å². The molecule has 3 aromatic rings. The van der Waals surface area contributed by atoms with E-state index in [4.69, 9.17) is 14.5 Å². The smallest absolute Gasteiger partial charge is 0.406 e. The first kappa shape index (κ1) is 18.7. The van der Waals surface area contributed by atoms with Crippen LogP contribution in [-0.2, 0) is 11.3 Å². The van der Waals surface area contributed by atoms with Gasteiger partial charge in [-0.25, -0.2) is 4.98 Å². The zero-order chi connectivity index (χ0) is 19.7. The van der Waals surface area contributed by atoms with Gasteiger partial charge in [-0.1, -0.05) is 0 Å². The quantitative estimate of drug-likeness (QED) is 0.474. The normalized spacial score (nSPS) is 15.1. The van der Waals surface area contributed by atoms with E-state index in [1.54, 1.807) is 17.4 Å². The summed E-state index contributed by atoms with van der Waals surface area (Å²) in [6, 6.07) is 3.12. The van der Waals surface area contributed by atoms with E-state index >= 15 is 0 Å². The van der Waals surface area contributed by atoms with Crippen molar-refractivity contribution in [2.24, 2.45) is 0 Å². The van der Waals surface area contributed by atoms with Crippen LogP contribution in [0.4, 0.5) is 5.82 Å². The molecule has 1 aliphatic rings. The molecule has 0 atom stereocenters. The van der Waals surface area contributed by atoms with Crippen LogP contribution in [0.1, 0.15) is 16.3 Å². The van der Waals surface area contributed by atoms with E-state index < -0.39 is 4.92 Å². The molecular weight excluding hydrogens is 382 g/mol. The second-order valence-corrected chi connectivity index (χ2v) is 7.68. The van der Waals surface area contributed by atoms with Crippen molar-refractivity contribution in [2.75, 3.05) is 26.3 Å². The van der Waals surface area contributed by atoms with Crippen molar-refractivity contribution in [3.05, 3.63) is 44.7 Å². The Hall–Kier alpha value is -2.69. The number of hydrogen-bond acceptors (Lipinski definition) is 9. The Labute approximate surface area is 165 Å². The minimum Gasteiger partial charge on any atom is -0.429 e. The predicted molar refractivity (Wildman–Crippen MR) is 104 cm³/mol. The van der Waals surface area contributed by atoms with E-state index in [-0.39, 0.29) is 11.6 Å². The summed E-state index contributed by atoms with van der Waals surface area (Å²) in [6.07, 6.45) is 1.37. The van der Waals surface area contributed by atoms with Crippen LogP contribution in [0.25, 0.3) is 10.2 Å². The molecule has 0 bridgehead atoms. The maximum absolute atomic E-state index is 11.3. The molecule has 4 rings (SSSR count). The second-order valence-electron chi connectivity index (χ2n) is 6.48. The first-order chi connectivity index (χ1) is 13.5. The van der Waals surface area contributed by atoms with Crippen LogP contribution in [0.3, 0.4) is 0 Å². The topological polar surface area (TPSA) is 104 Å². The third kappa shape index (κ3) is 3.66. The average Bonchev–Trinajstić information content (AvgIpc) is 2.97. The lowest BCUT2D eigenvalue weighted by Gasteiger charge is -2.25. The van der Waals surface area contributed by atoms with E-state index in [1.165, 1.54) is 12.3 Å². The molecule has 0 aromatic carbocycles. The molecule has 0 N–H and O–H groups in total. The Kier molecular flexibility index (Phi) is 5.16. The Balaban J connectivity index is 1.76. The Morgan fingerprint density at radius 1 is 1.32 bits per heavy atom. The number of hydrogen-bond donors (Lipinski definition) is 0. The zero-order valence-electron chi connectivity index (χ0n) is 15.5. The number of aryl methyl sites for hydroxylation is 2. The maximum Gasteiger partial charge on any atom is 0.406 e. The number of thiophene rings is 1. The molecule has 146 valence electrons. The van der Waals surface area contributed by atoms with Crippen molar-refractivity contribution in [1.29, 1.82) is 0 Å². The monoisotopic (exact) mass is 401 g/mol. The SMILES string of the molecule is Cc1sc2nc(CN3CCOCC3)nc(Oc3cccnc3[N+](=O)[O-])c2c1C. The fraction of sp³-hybridized carbons (Fsp3) is 0.389. The number of pyridine rings is 1. The number of fused-ring (bicyclic) bond motifs is 1. The maximum atomic E-state index is 11.3. The van der Waals surface area contributed by atoms with E-state index in [9.17, 15) is 10.1 Å². The third-order valence-electron chi connectivity index (χ3n) is 4.64. The fourth-order valence-corrected chi connectivity index (χ4v) is 4.10. The van der Waals surface area contributed by atoms with Gasteiger partial charge in [0.25, 0.3) is 0 Å². The van der Waals surface area contributed by atoms with Crippen LogP contribution in [0.5, 0.6) is 11.6 Å². The van der Waals surface area contributed by atoms with Crippen LogP contribution in [0, 0.1) is 24.0 Å². The Morgan fingerprint density at radius 3 is 2.86 bits per heavy atom. The van der Waals surface area contributed by atoms with Crippen molar-refractivity contribution >= 4 is 27.4 Å². The van der Waals surface area contributed by atoms with Gasteiger partial charge in [0.1, 0.15) is 16.9 Å². The molecular formula is C18H19N5O4S. The lowest BCUT2D eigenvalue weighted by atomic mass is 10.2. The summed E-state index contributed by atoms with van der Waals surface area (Å²) in [5, 5.41) is 12.1. The molecule has 1 aliphatic heterocycles. The number of nitrogens with zero attached hydrogens (tertiary/aromatic N) is 5. The molecule has 4 heterocycles. The number of rotatable bonds is 5. The third-order valence-corrected chi connectivity index (χ3v) is 5.74. The first-order valence-electron chi connectivity index (χ1n) is 8.87. The van der Waals surface area contributed by atoms with E-state index in [1.807, 2.05) is 13.8 Å².